The summed E-state index contributed by atoms with van der Waals surface area (Å²) < 4.78 is 29.7. The van der Waals surface area contributed by atoms with E-state index in [0.717, 1.165) is 0 Å². The predicted octanol–water partition coefficient (Wildman–Crippen LogP) is 5.40. The van der Waals surface area contributed by atoms with Gasteiger partial charge in [-0.2, -0.15) is 0 Å². The number of ether oxygens (including phenoxy) is 4. The highest BCUT2D eigenvalue weighted by molar-refractivity contribution is 6.74. The molecule has 4 atom stereocenters. The molecule has 9 nitrogen and oxygen atoms in total. The quantitative estimate of drug-likeness (QED) is 0.194. The third-order valence-electron chi connectivity index (χ3n) is 7.82. The summed E-state index contributed by atoms with van der Waals surface area (Å²) >= 11 is 0. The number of aliphatic hydroxyl groups is 1. The molecule has 0 aromatic heterocycles. The smallest absolute Gasteiger partial charge is 0.338 e. The number of hydrogen-bond donors (Lipinski definition) is 1. The van der Waals surface area contributed by atoms with Crippen LogP contribution >= 0.6 is 0 Å². The van der Waals surface area contributed by atoms with Crippen LogP contribution in [0.2, 0.25) is 18.1 Å². The Morgan fingerprint density at radius 1 is 0.767 bits per heavy atom. The molecule has 228 valence electrons. The van der Waals surface area contributed by atoms with E-state index >= 15 is 0 Å². The molecule has 0 radical (unpaired) electrons. The molecule has 0 saturated carbocycles. The van der Waals surface area contributed by atoms with Crippen LogP contribution in [0, 0.1) is 0 Å². The highest BCUT2D eigenvalue weighted by Gasteiger charge is 2.57. The molecule has 1 heterocycles. The molecule has 43 heavy (non-hydrogen) atoms. The van der Waals surface area contributed by atoms with Gasteiger partial charge in [-0.1, -0.05) is 75.4 Å². The van der Waals surface area contributed by atoms with Gasteiger partial charge in [0.25, 0.3) is 0 Å². The van der Waals surface area contributed by atoms with Crippen molar-refractivity contribution >= 4 is 26.2 Å². The van der Waals surface area contributed by atoms with E-state index in [1.54, 1.807) is 91.0 Å². The van der Waals surface area contributed by atoms with Crippen LogP contribution in [0.25, 0.3) is 0 Å². The van der Waals surface area contributed by atoms with Crippen LogP contribution in [0.5, 0.6) is 0 Å². The number of carbonyl (C=O) groups is 3. The van der Waals surface area contributed by atoms with Crippen LogP contribution in [0.1, 0.15) is 51.8 Å². The van der Waals surface area contributed by atoms with Gasteiger partial charge < -0.3 is 28.5 Å². The first-order valence-corrected chi connectivity index (χ1v) is 17.0. The third-order valence-corrected chi connectivity index (χ3v) is 12.3. The Morgan fingerprint density at radius 2 is 1.19 bits per heavy atom. The lowest BCUT2D eigenvalue weighted by molar-refractivity contribution is -0.326. The molecule has 0 aliphatic carbocycles. The largest absolute Gasteiger partial charge is 0.452 e. The van der Waals surface area contributed by atoms with Crippen LogP contribution in [0.3, 0.4) is 0 Å². The minimum absolute atomic E-state index is 0.201. The zero-order valence-electron chi connectivity index (χ0n) is 25.0. The molecule has 10 heteroatoms. The fraction of sp³-hybridized carbons (Fsp3) is 0.364. The minimum Gasteiger partial charge on any atom is -0.452 e. The van der Waals surface area contributed by atoms with Crippen LogP contribution in [0.15, 0.2) is 91.0 Å². The summed E-state index contributed by atoms with van der Waals surface area (Å²) in [6, 6.07) is 24.7. The van der Waals surface area contributed by atoms with E-state index in [0.29, 0.717) is 0 Å². The molecule has 1 saturated heterocycles. The van der Waals surface area contributed by atoms with Gasteiger partial charge in [-0.25, -0.2) is 14.4 Å². The Kier molecular flexibility index (Phi) is 9.86. The van der Waals surface area contributed by atoms with Crippen LogP contribution in [-0.2, 0) is 23.4 Å². The first-order valence-electron chi connectivity index (χ1n) is 14.1. The van der Waals surface area contributed by atoms with E-state index in [2.05, 4.69) is 0 Å². The number of rotatable bonds is 9. The van der Waals surface area contributed by atoms with Crippen molar-refractivity contribution in [2.24, 2.45) is 0 Å². The van der Waals surface area contributed by atoms with Gasteiger partial charge >= 0.3 is 17.9 Å². The molecule has 0 spiro atoms. The first-order chi connectivity index (χ1) is 20.3. The molecule has 3 aromatic carbocycles. The lowest BCUT2D eigenvalue weighted by Crippen LogP contribution is -2.66. The number of esters is 3. The summed E-state index contributed by atoms with van der Waals surface area (Å²) in [6.45, 7) is 9.39. The van der Waals surface area contributed by atoms with Crippen molar-refractivity contribution < 1.29 is 42.9 Å². The molecule has 1 aliphatic rings. The lowest BCUT2D eigenvalue weighted by atomic mass is 9.96. The number of carbonyl (C=O) groups excluding carboxylic acids is 3. The number of hydrogen-bond acceptors (Lipinski definition) is 9. The molecule has 4 rings (SSSR count). The van der Waals surface area contributed by atoms with Crippen molar-refractivity contribution in [1.29, 1.82) is 0 Å². The Hall–Kier alpha value is -3.83. The van der Waals surface area contributed by atoms with E-state index in [9.17, 15) is 19.5 Å². The van der Waals surface area contributed by atoms with Gasteiger partial charge in [-0.15, -0.1) is 0 Å². The van der Waals surface area contributed by atoms with Gasteiger partial charge in [0.05, 0.1) is 29.9 Å². The van der Waals surface area contributed by atoms with Gasteiger partial charge in [0.2, 0.25) is 5.79 Å². The number of benzene rings is 3. The maximum Gasteiger partial charge on any atom is 0.338 e. The van der Waals surface area contributed by atoms with Gasteiger partial charge in [-0.05, 0) is 54.5 Å². The molecule has 0 unspecified atom stereocenters. The van der Waals surface area contributed by atoms with E-state index in [-0.39, 0.29) is 34.9 Å². The highest BCUT2D eigenvalue weighted by Crippen LogP contribution is 2.39. The second-order valence-electron chi connectivity index (χ2n) is 11.9. The molecule has 0 amide bonds. The average Bonchev–Trinajstić information content (AvgIpc) is 3.00. The second kappa shape index (κ2) is 13.2. The van der Waals surface area contributed by atoms with Crippen LogP contribution in [0.4, 0.5) is 0 Å². The SMILES string of the molecule is CC(C)(C)[Si](C)(C)OC[C@@]1(O)OC[C@@H](OC(=O)c2ccccc2)[C@@H](OC(=O)c2ccccc2)[C@@H]1OC(=O)c1ccccc1. The summed E-state index contributed by atoms with van der Waals surface area (Å²) in [5, 5.41) is 11.7. The van der Waals surface area contributed by atoms with Crippen molar-refractivity contribution in [2.75, 3.05) is 13.2 Å². The normalized spacial score (nSPS) is 22.3. The third kappa shape index (κ3) is 7.77. The monoisotopic (exact) mass is 606 g/mol. The Balaban J connectivity index is 1.72. The molecule has 1 fully saturated rings. The van der Waals surface area contributed by atoms with E-state index in [1.807, 2.05) is 33.9 Å². The topological polar surface area (TPSA) is 118 Å². The Bertz CT molecular complexity index is 1390. The van der Waals surface area contributed by atoms with E-state index < -0.39 is 50.3 Å². The fourth-order valence-electron chi connectivity index (χ4n) is 4.18. The molecular formula is C33H38O9Si. The zero-order chi connectivity index (χ0) is 31.3. The van der Waals surface area contributed by atoms with Gasteiger partial charge in [0.1, 0.15) is 0 Å². The lowest BCUT2D eigenvalue weighted by Gasteiger charge is -2.47. The Labute approximate surface area is 252 Å². The van der Waals surface area contributed by atoms with Crippen molar-refractivity contribution in [3.63, 3.8) is 0 Å². The first kappa shape index (κ1) is 32.1. The maximum atomic E-state index is 13.3. The highest BCUT2D eigenvalue weighted by atomic mass is 28.4. The average molecular weight is 607 g/mol. The molecule has 1 N–H and O–H groups in total. The van der Waals surface area contributed by atoms with Crippen molar-refractivity contribution in [3.8, 4) is 0 Å². The summed E-state index contributed by atoms with van der Waals surface area (Å²) in [7, 11) is -2.44. The standard InChI is InChI=1S/C33H38O9Si/c1-32(2,3)43(4,5)39-22-33(37)28(42-31(36)25-19-13-8-14-20-25)27(41-30(35)24-17-11-7-12-18-24)26(21-38-33)40-29(34)23-15-9-6-10-16-23/h6-20,26-28,37H,21-22H2,1-5H3/t26-,27-,28+,33-/m1/s1. The summed E-state index contributed by atoms with van der Waals surface area (Å²) in [5.74, 6) is -4.50. The second-order valence-corrected chi connectivity index (χ2v) is 16.8. The summed E-state index contributed by atoms with van der Waals surface area (Å²) in [4.78, 5) is 39.8. The Morgan fingerprint density at radius 3 is 1.63 bits per heavy atom. The molecular weight excluding hydrogens is 568 g/mol. The molecule has 0 bridgehead atoms. The summed E-state index contributed by atoms with van der Waals surface area (Å²) in [6.07, 6.45) is -4.31. The van der Waals surface area contributed by atoms with Gasteiger partial charge in [0.15, 0.2) is 26.6 Å². The van der Waals surface area contributed by atoms with Gasteiger partial charge in [0, 0.05) is 0 Å². The zero-order valence-corrected chi connectivity index (χ0v) is 26.0. The van der Waals surface area contributed by atoms with Crippen LogP contribution < -0.4 is 0 Å². The summed E-state index contributed by atoms with van der Waals surface area (Å²) in [5.41, 5.74) is 0.679. The van der Waals surface area contributed by atoms with E-state index in [4.69, 9.17) is 23.4 Å². The van der Waals surface area contributed by atoms with Crippen molar-refractivity contribution in [1.82, 2.24) is 0 Å². The van der Waals surface area contributed by atoms with Crippen LogP contribution in [-0.4, -0.2) is 68.6 Å². The molecule has 1 aliphatic heterocycles. The fourth-order valence-corrected chi connectivity index (χ4v) is 5.18. The maximum absolute atomic E-state index is 13.3. The van der Waals surface area contributed by atoms with Crippen molar-refractivity contribution in [2.45, 2.75) is 63.0 Å². The van der Waals surface area contributed by atoms with E-state index in [1.165, 1.54) is 0 Å². The predicted molar refractivity (Wildman–Crippen MR) is 161 cm³/mol. The van der Waals surface area contributed by atoms with Gasteiger partial charge in [-0.3, -0.25) is 0 Å². The molecule has 3 aromatic rings. The minimum atomic E-state index is -2.44. The van der Waals surface area contributed by atoms with Crippen molar-refractivity contribution in [3.05, 3.63) is 108 Å².